The molecule has 2 aromatic rings. The van der Waals surface area contributed by atoms with Crippen molar-refractivity contribution in [3.05, 3.63) is 65.2 Å². The van der Waals surface area contributed by atoms with Crippen LogP contribution >= 0.6 is 11.8 Å². The second-order valence-electron chi connectivity index (χ2n) is 5.17. The summed E-state index contributed by atoms with van der Waals surface area (Å²) in [4.78, 5) is 4.78. The number of amidine groups is 1. The summed E-state index contributed by atoms with van der Waals surface area (Å²) in [5.41, 5.74) is 4.96. The number of hydrogen-bond acceptors (Lipinski definition) is 3. The van der Waals surface area contributed by atoms with Gasteiger partial charge in [0.15, 0.2) is 5.17 Å². The SMILES string of the molecule is Cc1cc(C)cc(NC2=NC(c3ccccc3)CS2)c1. The molecule has 0 spiro atoms. The van der Waals surface area contributed by atoms with Gasteiger partial charge in [-0.05, 0) is 42.7 Å². The van der Waals surface area contributed by atoms with E-state index in [1.54, 1.807) is 11.8 Å². The number of hydrogen-bond donors (Lipinski definition) is 1. The van der Waals surface area contributed by atoms with E-state index in [-0.39, 0.29) is 6.04 Å². The summed E-state index contributed by atoms with van der Waals surface area (Å²) in [6.45, 7) is 4.24. The van der Waals surface area contributed by atoms with Gasteiger partial charge in [-0.25, -0.2) is 0 Å². The highest BCUT2D eigenvalue weighted by Gasteiger charge is 2.19. The minimum atomic E-state index is 0.273. The Balaban J connectivity index is 1.76. The third-order valence-corrected chi connectivity index (χ3v) is 4.27. The molecule has 20 heavy (non-hydrogen) atoms. The minimum Gasteiger partial charge on any atom is -0.335 e. The van der Waals surface area contributed by atoms with Gasteiger partial charge in [-0.3, -0.25) is 4.99 Å². The Hall–Kier alpha value is -1.74. The Labute approximate surface area is 124 Å². The maximum absolute atomic E-state index is 4.78. The molecule has 1 N–H and O–H groups in total. The zero-order valence-electron chi connectivity index (χ0n) is 11.8. The van der Waals surface area contributed by atoms with Crippen molar-refractivity contribution < 1.29 is 0 Å². The molecule has 0 amide bonds. The monoisotopic (exact) mass is 282 g/mol. The zero-order chi connectivity index (χ0) is 13.9. The Bertz CT molecular complexity index is 614. The van der Waals surface area contributed by atoms with Crippen LogP contribution in [0.2, 0.25) is 0 Å². The number of thioether (sulfide) groups is 1. The summed E-state index contributed by atoms with van der Waals surface area (Å²) >= 11 is 1.79. The Morgan fingerprint density at radius 1 is 1.05 bits per heavy atom. The van der Waals surface area contributed by atoms with Crippen LogP contribution < -0.4 is 5.32 Å². The van der Waals surface area contributed by atoms with Crippen LogP contribution in [0.5, 0.6) is 0 Å². The number of nitrogens with zero attached hydrogens (tertiary/aromatic N) is 1. The largest absolute Gasteiger partial charge is 0.335 e. The van der Waals surface area contributed by atoms with Gasteiger partial charge >= 0.3 is 0 Å². The minimum absolute atomic E-state index is 0.273. The first-order valence-corrected chi connectivity index (χ1v) is 7.80. The van der Waals surface area contributed by atoms with E-state index in [0.29, 0.717) is 0 Å². The molecule has 102 valence electrons. The van der Waals surface area contributed by atoms with Crippen molar-refractivity contribution in [3.8, 4) is 0 Å². The molecule has 0 saturated carbocycles. The maximum Gasteiger partial charge on any atom is 0.161 e. The topological polar surface area (TPSA) is 24.4 Å². The molecule has 0 bridgehead atoms. The third-order valence-electron chi connectivity index (χ3n) is 3.31. The molecule has 1 aliphatic heterocycles. The molecule has 1 unspecified atom stereocenters. The number of aryl methyl sites for hydroxylation is 2. The standard InChI is InChI=1S/C17H18N2S/c1-12-8-13(2)10-15(9-12)18-17-19-16(11-20-17)14-6-4-3-5-7-14/h3-10,16H,11H2,1-2H3,(H,18,19). The van der Waals surface area contributed by atoms with E-state index >= 15 is 0 Å². The first-order chi connectivity index (χ1) is 9.70. The van der Waals surface area contributed by atoms with E-state index in [0.717, 1.165) is 16.6 Å². The quantitative estimate of drug-likeness (QED) is 0.873. The number of benzene rings is 2. The molecule has 0 aliphatic carbocycles. The van der Waals surface area contributed by atoms with Crippen LogP contribution in [-0.2, 0) is 0 Å². The van der Waals surface area contributed by atoms with Crippen LogP contribution in [-0.4, -0.2) is 10.9 Å². The predicted molar refractivity (Wildman–Crippen MR) is 88.6 cm³/mol. The van der Waals surface area contributed by atoms with E-state index in [9.17, 15) is 0 Å². The predicted octanol–water partition coefficient (Wildman–Crippen LogP) is 4.56. The average molecular weight is 282 g/mol. The van der Waals surface area contributed by atoms with Crippen LogP contribution in [0.4, 0.5) is 5.69 Å². The highest BCUT2D eigenvalue weighted by atomic mass is 32.2. The smallest absolute Gasteiger partial charge is 0.161 e. The first kappa shape index (κ1) is 13.3. The van der Waals surface area contributed by atoms with Crippen LogP contribution in [0.15, 0.2) is 53.5 Å². The van der Waals surface area contributed by atoms with Crippen molar-refractivity contribution in [2.24, 2.45) is 4.99 Å². The van der Waals surface area contributed by atoms with Crippen molar-refractivity contribution >= 4 is 22.6 Å². The molecule has 1 aliphatic rings. The van der Waals surface area contributed by atoms with Gasteiger partial charge in [-0.2, -0.15) is 0 Å². The summed E-state index contributed by atoms with van der Waals surface area (Å²) in [5, 5.41) is 4.45. The van der Waals surface area contributed by atoms with Gasteiger partial charge in [-0.15, -0.1) is 0 Å². The molecule has 3 rings (SSSR count). The fourth-order valence-corrected chi connectivity index (χ4v) is 3.43. The normalized spacial score (nSPS) is 17.9. The van der Waals surface area contributed by atoms with E-state index < -0.39 is 0 Å². The molecule has 1 atom stereocenters. The van der Waals surface area contributed by atoms with E-state index in [2.05, 4.69) is 61.6 Å². The molecule has 2 aromatic carbocycles. The van der Waals surface area contributed by atoms with Crippen LogP contribution in [0.1, 0.15) is 22.7 Å². The summed E-state index contributed by atoms with van der Waals surface area (Å²) < 4.78 is 0. The lowest BCUT2D eigenvalue weighted by Gasteiger charge is -2.07. The number of nitrogens with one attached hydrogen (secondary N) is 1. The lowest BCUT2D eigenvalue weighted by Crippen LogP contribution is -2.05. The summed E-state index contributed by atoms with van der Waals surface area (Å²) in [7, 11) is 0. The highest BCUT2D eigenvalue weighted by molar-refractivity contribution is 8.14. The molecule has 2 nitrogen and oxygen atoms in total. The zero-order valence-corrected chi connectivity index (χ0v) is 12.6. The summed E-state index contributed by atoms with van der Waals surface area (Å²) in [6, 6.07) is 17.3. The molecular formula is C17H18N2S. The fourth-order valence-electron chi connectivity index (χ4n) is 2.46. The second-order valence-corrected chi connectivity index (χ2v) is 6.18. The summed E-state index contributed by atoms with van der Waals surface area (Å²) in [6.07, 6.45) is 0. The highest BCUT2D eigenvalue weighted by Crippen LogP contribution is 2.30. The Morgan fingerprint density at radius 3 is 2.45 bits per heavy atom. The molecule has 0 saturated heterocycles. The lowest BCUT2D eigenvalue weighted by molar-refractivity contribution is 0.849. The van der Waals surface area contributed by atoms with Gasteiger partial charge in [0.1, 0.15) is 0 Å². The van der Waals surface area contributed by atoms with Crippen molar-refractivity contribution in [2.45, 2.75) is 19.9 Å². The van der Waals surface area contributed by atoms with Gasteiger partial charge in [-0.1, -0.05) is 48.2 Å². The second kappa shape index (κ2) is 5.71. The van der Waals surface area contributed by atoms with E-state index in [1.807, 2.05) is 6.07 Å². The van der Waals surface area contributed by atoms with Crippen LogP contribution in [0, 0.1) is 13.8 Å². The number of rotatable bonds is 2. The number of anilines is 1. The Morgan fingerprint density at radius 2 is 1.75 bits per heavy atom. The van der Waals surface area contributed by atoms with Crippen molar-refractivity contribution in [1.82, 2.24) is 0 Å². The van der Waals surface area contributed by atoms with Crippen molar-refractivity contribution in [3.63, 3.8) is 0 Å². The molecule has 0 aromatic heterocycles. The Kier molecular flexibility index (Phi) is 3.79. The molecule has 1 heterocycles. The third kappa shape index (κ3) is 3.05. The van der Waals surface area contributed by atoms with E-state index in [1.165, 1.54) is 16.7 Å². The maximum atomic E-state index is 4.78. The molecule has 0 radical (unpaired) electrons. The van der Waals surface area contributed by atoms with Crippen molar-refractivity contribution in [1.29, 1.82) is 0 Å². The summed E-state index contributed by atoms with van der Waals surface area (Å²) in [5.74, 6) is 1.01. The van der Waals surface area contributed by atoms with Crippen LogP contribution in [0.3, 0.4) is 0 Å². The number of aliphatic imine (C=N–C) groups is 1. The lowest BCUT2D eigenvalue weighted by atomic mass is 10.1. The van der Waals surface area contributed by atoms with Crippen molar-refractivity contribution in [2.75, 3.05) is 11.1 Å². The van der Waals surface area contributed by atoms with Gasteiger partial charge in [0.25, 0.3) is 0 Å². The molecular weight excluding hydrogens is 264 g/mol. The van der Waals surface area contributed by atoms with Gasteiger partial charge in [0.05, 0.1) is 6.04 Å². The molecule has 0 fully saturated rings. The van der Waals surface area contributed by atoms with Gasteiger partial charge < -0.3 is 5.32 Å². The molecule has 3 heteroatoms. The van der Waals surface area contributed by atoms with Gasteiger partial charge in [0.2, 0.25) is 0 Å². The van der Waals surface area contributed by atoms with Gasteiger partial charge in [0, 0.05) is 11.4 Å². The van der Waals surface area contributed by atoms with Crippen LogP contribution in [0.25, 0.3) is 0 Å². The fraction of sp³-hybridized carbons (Fsp3) is 0.235. The van der Waals surface area contributed by atoms with E-state index in [4.69, 9.17) is 4.99 Å². The average Bonchev–Trinajstić information content (AvgIpc) is 2.87. The first-order valence-electron chi connectivity index (χ1n) is 6.81.